The van der Waals surface area contributed by atoms with E-state index in [0.717, 1.165) is 11.3 Å². The van der Waals surface area contributed by atoms with Crippen molar-refractivity contribution in [3.63, 3.8) is 0 Å². The lowest BCUT2D eigenvalue weighted by Gasteiger charge is -2.12. The molecule has 25 heavy (non-hydrogen) atoms. The highest BCUT2D eigenvalue weighted by atomic mass is 32.2. The van der Waals surface area contributed by atoms with Gasteiger partial charge in [0.1, 0.15) is 0 Å². The molecule has 5 nitrogen and oxygen atoms in total. The van der Waals surface area contributed by atoms with Crippen LogP contribution in [0.5, 0.6) is 0 Å². The molecule has 134 valence electrons. The minimum Gasteiger partial charge on any atom is -0.350 e. The summed E-state index contributed by atoms with van der Waals surface area (Å²) in [5.41, 5.74) is 0.904. The molecule has 2 rings (SSSR count). The summed E-state index contributed by atoms with van der Waals surface area (Å²) in [4.78, 5) is 13.2. The Morgan fingerprint density at radius 2 is 1.68 bits per heavy atom. The van der Waals surface area contributed by atoms with Gasteiger partial charge in [-0.2, -0.15) is 0 Å². The van der Waals surface area contributed by atoms with Gasteiger partial charge in [-0.3, -0.25) is 9.52 Å². The van der Waals surface area contributed by atoms with Gasteiger partial charge in [0.2, 0.25) is 0 Å². The van der Waals surface area contributed by atoms with Crippen LogP contribution in [-0.4, -0.2) is 26.6 Å². The van der Waals surface area contributed by atoms with Crippen molar-refractivity contribution in [1.82, 2.24) is 5.32 Å². The first-order valence-electron chi connectivity index (χ1n) is 7.93. The normalized spacial score (nSPS) is 12.4. The third kappa shape index (κ3) is 5.24. The number of hydrogen-bond acceptors (Lipinski definition) is 4. The van der Waals surface area contributed by atoms with E-state index in [1.165, 1.54) is 0 Å². The molecular formula is C18H22N2O3S2. The monoisotopic (exact) mass is 378 g/mol. The summed E-state index contributed by atoms with van der Waals surface area (Å²) in [6, 6.07) is 13.1. The van der Waals surface area contributed by atoms with Crippen LogP contribution in [0.15, 0.2) is 58.3 Å². The molecule has 7 heteroatoms. The number of thioether (sulfide) groups is 1. The number of rotatable bonds is 7. The molecule has 1 amide bonds. The fraction of sp³-hybridized carbons (Fsp3) is 0.278. The zero-order chi connectivity index (χ0) is 18.4. The highest BCUT2D eigenvalue weighted by molar-refractivity contribution is 7.98. The van der Waals surface area contributed by atoms with E-state index in [-0.39, 0.29) is 16.8 Å². The molecule has 0 fully saturated rings. The molecule has 0 aliphatic heterocycles. The minimum absolute atomic E-state index is 0.0925. The molecule has 0 aromatic heterocycles. The van der Waals surface area contributed by atoms with E-state index < -0.39 is 10.0 Å². The lowest BCUT2D eigenvalue weighted by molar-refractivity contribution is 0.0939. The molecule has 1 atom stereocenters. The smallest absolute Gasteiger partial charge is 0.261 e. The first-order valence-corrected chi connectivity index (χ1v) is 10.6. The molecule has 2 aromatic rings. The molecule has 2 N–H and O–H groups in total. The first kappa shape index (κ1) is 19.3. The number of amides is 1. The van der Waals surface area contributed by atoms with Gasteiger partial charge in [-0.1, -0.05) is 6.92 Å². The van der Waals surface area contributed by atoms with Gasteiger partial charge in [-0.15, -0.1) is 11.8 Å². The van der Waals surface area contributed by atoms with Crippen LogP contribution >= 0.6 is 11.8 Å². The Balaban J connectivity index is 2.10. The summed E-state index contributed by atoms with van der Waals surface area (Å²) in [7, 11) is -3.65. The summed E-state index contributed by atoms with van der Waals surface area (Å²) >= 11 is 1.55. The molecule has 0 heterocycles. The molecule has 2 aromatic carbocycles. The van der Waals surface area contributed by atoms with Crippen LogP contribution in [0.2, 0.25) is 0 Å². The van der Waals surface area contributed by atoms with E-state index in [4.69, 9.17) is 0 Å². The van der Waals surface area contributed by atoms with Crippen LogP contribution in [0.4, 0.5) is 5.69 Å². The predicted molar refractivity (Wildman–Crippen MR) is 103 cm³/mol. The number of carbonyl (C=O) groups is 1. The Morgan fingerprint density at radius 3 is 2.20 bits per heavy atom. The van der Waals surface area contributed by atoms with E-state index in [1.54, 1.807) is 60.3 Å². The molecule has 0 saturated heterocycles. The van der Waals surface area contributed by atoms with Gasteiger partial charge in [0.25, 0.3) is 15.9 Å². The number of benzene rings is 2. The predicted octanol–water partition coefficient (Wildman–Crippen LogP) is 3.74. The molecule has 0 aliphatic carbocycles. The number of anilines is 1. The van der Waals surface area contributed by atoms with Crippen LogP contribution < -0.4 is 10.0 Å². The van der Waals surface area contributed by atoms with Gasteiger partial charge in [0.15, 0.2) is 0 Å². The van der Waals surface area contributed by atoms with Gasteiger partial charge < -0.3 is 5.32 Å². The molecule has 1 unspecified atom stereocenters. The quantitative estimate of drug-likeness (QED) is 0.720. The molecule has 0 bridgehead atoms. The highest BCUT2D eigenvalue weighted by Crippen LogP contribution is 2.20. The number of carbonyl (C=O) groups excluding carboxylic acids is 1. The summed E-state index contributed by atoms with van der Waals surface area (Å²) in [5.74, 6) is -0.170. The first-order chi connectivity index (χ1) is 11.9. The Morgan fingerprint density at radius 1 is 1.08 bits per heavy atom. The lowest BCUT2D eigenvalue weighted by atomic mass is 10.1. The van der Waals surface area contributed by atoms with Crippen LogP contribution in [0.25, 0.3) is 0 Å². The van der Waals surface area contributed by atoms with Gasteiger partial charge in [0.05, 0.1) is 4.90 Å². The topological polar surface area (TPSA) is 75.3 Å². The molecule has 0 radical (unpaired) electrons. The standard InChI is InChI=1S/C18H22N2O3S2/c1-4-13(2)19-18(21)14-5-7-15(8-6-14)20-25(22,23)17-11-9-16(24-3)10-12-17/h5-13,20H,4H2,1-3H3,(H,19,21). The van der Waals surface area contributed by atoms with E-state index in [2.05, 4.69) is 10.0 Å². The van der Waals surface area contributed by atoms with E-state index in [0.29, 0.717) is 11.3 Å². The molecule has 0 aliphatic rings. The maximum absolute atomic E-state index is 12.4. The molecule has 0 saturated carbocycles. The van der Waals surface area contributed by atoms with Crippen molar-refractivity contribution in [2.75, 3.05) is 11.0 Å². The van der Waals surface area contributed by atoms with Crippen molar-refractivity contribution in [2.24, 2.45) is 0 Å². The zero-order valence-corrected chi connectivity index (χ0v) is 16.1. The Hall–Kier alpha value is -1.99. The second-order valence-corrected chi connectivity index (χ2v) is 8.20. The van der Waals surface area contributed by atoms with Crippen molar-refractivity contribution < 1.29 is 13.2 Å². The Kier molecular flexibility index (Phi) is 6.50. The second kappa shape index (κ2) is 8.40. The van der Waals surface area contributed by atoms with E-state index >= 15 is 0 Å². The summed E-state index contributed by atoms with van der Waals surface area (Å²) in [5, 5.41) is 2.87. The highest BCUT2D eigenvalue weighted by Gasteiger charge is 2.15. The van der Waals surface area contributed by atoms with E-state index in [1.807, 2.05) is 20.1 Å². The van der Waals surface area contributed by atoms with Crippen molar-refractivity contribution >= 4 is 33.4 Å². The SMILES string of the molecule is CCC(C)NC(=O)c1ccc(NS(=O)(=O)c2ccc(SC)cc2)cc1. The van der Waals surface area contributed by atoms with Gasteiger partial charge in [-0.25, -0.2) is 8.42 Å². The van der Waals surface area contributed by atoms with Crippen LogP contribution in [0.3, 0.4) is 0 Å². The Labute approximate surface area is 153 Å². The third-order valence-electron chi connectivity index (χ3n) is 3.76. The van der Waals surface area contributed by atoms with Gasteiger partial charge in [-0.05, 0) is 68.1 Å². The third-order valence-corrected chi connectivity index (χ3v) is 5.90. The second-order valence-electron chi connectivity index (χ2n) is 5.64. The fourth-order valence-electron chi connectivity index (χ4n) is 2.07. The summed E-state index contributed by atoms with van der Waals surface area (Å²) in [6.45, 7) is 3.93. The average Bonchev–Trinajstić information content (AvgIpc) is 2.61. The Bertz CT molecular complexity index is 816. The molecular weight excluding hydrogens is 356 g/mol. The zero-order valence-electron chi connectivity index (χ0n) is 14.4. The summed E-state index contributed by atoms with van der Waals surface area (Å²) < 4.78 is 27.3. The van der Waals surface area contributed by atoms with Crippen LogP contribution in [0.1, 0.15) is 30.6 Å². The average molecular weight is 379 g/mol. The fourth-order valence-corrected chi connectivity index (χ4v) is 3.53. The van der Waals surface area contributed by atoms with Crippen molar-refractivity contribution in [3.8, 4) is 0 Å². The lowest BCUT2D eigenvalue weighted by Crippen LogP contribution is -2.31. The number of sulfonamides is 1. The number of nitrogens with one attached hydrogen (secondary N) is 2. The van der Waals surface area contributed by atoms with Crippen molar-refractivity contribution in [2.45, 2.75) is 36.1 Å². The van der Waals surface area contributed by atoms with Gasteiger partial charge >= 0.3 is 0 Å². The van der Waals surface area contributed by atoms with Crippen LogP contribution in [0, 0.1) is 0 Å². The van der Waals surface area contributed by atoms with Crippen LogP contribution in [-0.2, 0) is 10.0 Å². The minimum atomic E-state index is -3.65. The maximum atomic E-state index is 12.4. The molecule has 0 spiro atoms. The van der Waals surface area contributed by atoms with Crippen molar-refractivity contribution in [1.29, 1.82) is 0 Å². The van der Waals surface area contributed by atoms with Gasteiger partial charge in [0, 0.05) is 22.2 Å². The largest absolute Gasteiger partial charge is 0.350 e. The summed E-state index contributed by atoms with van der Waals surface area (Å²) in [6.07, 6.45) is 2.78. The van der Waals surface area contributed by atoms with Crippen molar-refractivity contribution in [3.05, 3.63) is 54.1 Å². The maximum Gasteiger partial charge on any atom is 0.261 e. The van der Waals surface area contributed by atoms with E-state index in [9.17, 15) is 13.2 Å². The number of hydrogen-bond donors (Lipinski definition) is 2.